The summed E-state index contributed by atoms with van der Waals surface area (Å²) < 4.78 is 62.3. The van der Waals surface area contributed by atoms with Crippen molar-refractivity contribution >= 4 is 28.6 Å². The summed E-state index contributed by atoms with van der Waals surface area (Å²) in [7, 11) is 1.23. The van der Waals surface area contributed by atoms with Crippen molar-refractivity contribution in [3.8, 4) is 17.1 Å². The van der Waals surface area contributed by atoms with Crippen LogP contribution in [-0.4, -0.2) is 38.7 Å². The summed E-state index contributed by atoms with van der Waals surface area (Å²) in [4.78, 5) is 33.0. The molecule has 39 heavy (non-hydrogen) atoms. The molecule has 0 aliphatic carbocycles. The lowest BCUT2D eigenvalue weighted by Gasteiger charge is -2.15. The highest BCUT2D eigenvalue weighted by Crippen LogP contribution is 2.38. The monoisotopic (exact) mass is 535 g/mol. The molecule has 196 valence electrons. The first-order valence-corrected chi connectivity index (χ1v) is 11.3. The van der Waals surface area contributed by atoms with E-state index in [4.69, 9.17) is 4.74 Å². The summed E-state index contributed by atoms with van der Waals surface area (Å²) in [5.41, 5.74) is -1.50. The largest absolute Gasteiger partial charge is 0.465 e. The average molecular weight is 535 g/mol. The van der Waals surface area contributed by atoms with Crippen LogP contribution in [0, 0.1) is 5.82 Å². The number of halogens is 4. The molecule has 0 atom stereocenters. The number of carbonyl (C=O) groups excluding carboxylic acids is 2. The summed E-state index contributed by atoms with van der Waals surface area (Å²) in [6.07, 6.45) is -2.46. The molecule has 0 saturated carbocycles. The second kappa shape index (κ2) is 9.97. The van der Waals surface area contributed by atoms with Gasteiger partial charge in [0.1, 0.15) is 11.6 Å². The third-order valence-electron chi connectivity index (χ3n) is 5.79. The molecule has 1 N–H and O–H groups in total. The number of anilines is 1. The number of aromatic nitrogens is 4. The number of esters is 1. The zero-order valence-corrected chi connectivity index (χ0v) is 20.0. The second-order valence-electron chi connectivity index (χ2n) is 8.22. The van der Waals surface area contributed by atoms with Gasteiger partial charge in [-0.25, -0.2) is 23.8 Å². The summed E-state index contributed by atoms with van der Waals surface area (Å²) in [6.45, 7) is 0. The molecular formula is C27H17F4N5O3. The highest BCUT2D eigenvalue weighted by Gasteiger charge is 2.36. The molecule has 3 aromatic carbocycles. The van der Waals surface area contributed by atoms with Crippen molar-refractivity contribution in [3.05, 3.63) is 102 Å². The Kier molecular flexibility index (Phi) is 6.52. The van der Waals surface area contributed by atoms with Crippen molar-refractivity contribution in [2.45, 2.75) is 6.18 Å². The van der Waals surface area contributed by atoms with Crippen LogP contribution in [0.3, 0.4) is 0 Å². The number of para-hydroxylation sites is 1. The van der Waals surface area contributed by atoms with Crippen LogP contribution in [0.4, 0.5) is 23.4 Å². The van der Waals surface area contributed by atoms with Gasteiger partial charge in [-0.05, 0) is 48.5 Å². The molecule has 0 radical (unpaired) electrons. The number of methoxy groups -OCH3 is 1. The fourth-order valence-electron chi connectivity index (χ4n) is 3.99. The van der Waals surface area contributed by atoms with Gasteiger partial charge in [0.2, 0.25) is 0 Å². The average Bonchev–Trinajstić information content (AvgIpc) is 3.30. The van der Waals surface area contributed by atoms with Crippen LogP contribution in [0.5, 0.6) is 0 Å². The van der Waals surface area contributed by atoms with E-state index in [2.05, 4.69) is 20.4 Å². The number of nitrogens with one attached hydrogen (secondary N) is 1. The maximum Gasteiger partial charge on any atom is 0.417 e. The number of carbonyl (C=O) groups is 2. The molecule has 1 amide bonds. The lowest BCUT2D eigenvalue weighted by molar-refractivity contribution is -0.137. The second-order valence-corrected chi connectivity index (χ2v) is 8.22. The number of hydrogen-bond acceptors (Lipinski definition) is 6. The highest BCUT2D eigenvalue weighted by atomic mass is 19.4. The van der Waals surface area contributed by atoms with Crippen LogP contribution in [0.1, 0.15) is 26.3 Å². The standard InChI is InChI=1S/C27H17F4N5O3/c1-39-26(38)15-8-9-17-22(12-15)35-36(16-6-3-2-4-7-16)24(17)34-25(37)19-13-18(23-32-10-5-11-33-23)20(14-21(19)28)27(29,30)31/h2-14H,1H3,(H,34,37). The minimum absolute atomic E-state index is 0.106. The van der Waals surface area contributed by atoms with Gasteiger partial charge in [0.05, 0.1) is 35.0 Å². The van der Waals surface area contributed by atoms with Gasteiger partial charge in [-0.1, -0.05) is 18.2 Å². The Morgan fingerprint density at radius 2 is 1.67 bits per heavy atom. The summed E-state index contributed by atoms with van der Waals surface area (Å²) >= 11 is 0. The van der Waals surface area contributed by atoms with E-state index < -0.39 is 40.6 Å². The molecule has 0 aliphatic rings. The first kappa shape index (κ1) is 25.5. The number of amides is 1. The molecule has 5 rings (SSSR count). The quantitative estimate of drug-likeness (QED) is 0.230. The first-order valence-electron chi connectivity index (χ1n) is 11.3. The summed E-state index contributed by atoms with van der Waals surface area (Å²) in [6, 6.07) is 15.5. The van der Waals surface area contributed by atoms with E-state index in [1.165, 1.54) is 48.5 Å². The molecule has 0 saturated heterocycles. The smallest absolute Gasteiger partial charge is 0.417 e. The van der Waals surface area contributed by atoms with Gasteiger partial charge in [0.15, 0.2) is 5.82 Å². The van der Waals surface area contributed by atoms with Gasteiger partial charge >= 0.3 is 12.1 Å². The number of fused-ring (bicyclic) bond motifs is 1. The molecule has 5 aromatic rings. The molecule has 0 aliphatic heterocycles. The van der Waals surface area contributed by atoms with Gasteiger partial charge in [-0.15, -0.1) is 0 Å². The Morgan fingerprint density at radius 3 is 2.33 bits per heavy atom. The van der Waals surface area contributed by atoms with Crippen molar-refractivity contribution in [2.75, 3.05) is 12.4 Å². The molecule has 8 nitrogen and oxygen atoms in total. The number of ether oxygens (including phenoxy) is 1. The van der Waals surface area contributed by atoms with Gasteiger partial charge in [0.25, 0.3) is 5.91 Å². The van der Waals surface area contributed by atoms with E-state index in [0.717, 1.165) is 6.07 Å². The minimum Gasteiger partial charge on any atom is -0.465 e. The van der Waals surface area contributed by atoms with Crippen LogP contribution in [0.15, 0.2) is 79.1 Å². The molecule has 2 aromatic heterocycles. The number of hydrogen-bond donors (Lipinski definition) is 1. The van der Waals surface area contributed by atoms with Gasteiger partial charge in [0, 0.05) is 23.3 Å². The van der Waals surface area contributed by atoms with Crippen LogP contribution < -0.4 is 5.32 Å². The van der Waals surface area contributed by atoms with Crippen LogP contribution in [0.2, 0.25) is 0 Å². The minimum atomic E-state index is -4.93. The van der Waals surface area contributed by atoms with Gasteiger partial charge in [-0.3, -0.25) is 4.79 Å². The Balaban J connectivity index is 1.63. The van der Waals surface area contributed by atoms with Crippen molar-refractivity contribution < 1.29 is 31.9 Å². The Hall–Kier alpha value is -5.13. The van der Waals surface area contributed by atoms with Gasteiger partial charge in [-0.2, -0.15) is 18.3 Å². The van der Waals surface area contributed by atoms with E-state index in [-0.39, 0.29) is 23.3 Å². The third kappa shape index (κ3) is 4.91. The maximum absolute atomic E-state index is 15.0. The number of nitrogens with zero attached hydrogens (tertiary/aromatic N) is 4. The normalized spacial score (nSPS) is 11.4. The van der Waals surface area contributed by atoms with Crippen molar-refractivity contribution in [2.24, 2.45) is 0 Å². The zero-order valence-electron chi connectivity index (χ0n) is 20.0. The topological polar surface area (TPSA) is 99.0 Å². The SMILES string of the molecule is COC(=O)c1ccc2c(NC(=O)c3cc(-c4ncccn4)c(C(F)(F)F)cc3F)n(-c3ccccc3)nc2c1. The van der Waals surface area contributed by atoms with Crippen molar-refractivity contribution in [1.82, 2.24) is 19.7 Å². The third-order valence-corrected chi connectivity index (χ3v) is 5.79. The zero-order chi connectivity index (χ0) is 27.7. The van der Waals surface area contributed by atoms with E-state index in [0.29, 0.717) is 16.6 Å². The molecule has 2 heterocycles. The Bertz CT molecular complexity index is 1700. The number of rotatable bonds is 5. The van der Waals surface area contributed by atoms with E-state index >= 15 is 0 Å². The number of alkyl halides is 3. The molecule has 0 bridgehead atoms. The van der Waals surface area contributed by atoms with Crippen LogP contribution in [-0.2, 0) is 10.9 Å². The Morgan fingerprint density at radius 1 is 0.949 bits per heavy atom. The van der Waals surface area contributed by atoms with Crippen LogP contribution in [0.25, 0.3) is 28.0 Å². The predicted molar refractivity (Wildman–Crippen MR) is 133 cm³/mol. The summed E-state index contributed by atoms with van der Waals surface area (Å²) in [5, 5.41) is 7.43. The van der Waals surface area contributed by atoms with E-state index in [1.54, 1.807) is 30.3 Å². The van der Waals surface area contributed by atoms with Crippen molar-refractivity contribution in [3.63, 3.8) is 0 Å². The highest BCUT2D eigenvalue weighted by molar-refractivity contribution is 6.09. The van der Waals surface area contributed by atoms with Crippen molar-refractivity contribution in [1.29, 1.82) is 0 Å². The molecule has 0 fully saturated rings. The molecule has 0 unspecified atom stereocenters. The fourth-order valence-corrected chi connectivity index (χ4v) is 3.99. The summed E-state index contributed by atoms with van der Waals surface area (Å²) in [5.74, 6) is -3.24. The predicted octanol–water partition coefficient (Wildman–Crippen LogP) is 5.68. The molecular weight excluding hydrogens is 518 g/mol. The van der Waals surface area contributed by atoms with E-state index in [9.17, 15) is 27.2 Å². The molecule has 0 spiro atoms. The van der Waals surface area contributed by atoms with Gasteiger partial charge < -0.3 is 10.1 Å². The maximum atomic E-state index is 15.0. The van der Waals surface area contributed by atoms with Crippen LogP contribution >= 0.6 is 0 Å². The lowest BCUT2D eigenvalue weighted by Crippen LogP contribution is -2.18. The lowest BCUT2D eigenvalue weighted by atomic mass is 10.0. The molecule has 12 heteroatoms. The fraction of sp³-hybridized carbons (Fsp3) is 0.0741. The van der Waals surface area contributed by atoms with E-state index in [1.807, 2.05) is 0 Å². The Labute approximate surface area is 217 Å². The first-order chi connectivity index (χ1) is 18.7. The number of benzene rings is 3.